The molecule has 2 aromatic heterocycles. The van der Waals surface area contributed by atoms with E-state index in [9.17, 15) is 9.59 Å². The zero-order valence-corrected chi connectivity index (χ0v) is 17.0. The molecular weight excluding hydrogens is 398 g/mol. The van der Waals surface area contributed by atoms with Gasteiger partial charge in [0.15, 0.2) is 17.1 Å². The lowest BCUT2D eigenvalue weighted by molar-refractivity contribution is -0.135. The number of carbonyl (C=O) groups is 2. The summed E-state index contributed by atoms with van der Waals surface area (Å²) < 4.78 is 12.7. The van der Waals surface area contributed by atoms with Gasteiger partial charge in [-0.3, -0.25) is 14.0 Å². The highest BCUT2D eigenvalue weighted by molar-refractivity contribution is 5.90. The van der Waals surface area contributed by atoms with E-state index < -0.39 is 6.04 Å². The Hall–Kier alpha value is -3.62. The van der Waals surface area contributed by atoms with E-state index in [2.05, 4.69) is 15.5 Å². The Kier molecular flexibility index (Phi) is 5.15. The number of aromatic nitrogens is 3. The number of hydrogen-bond donors (Lipinski definition) is 1. The largest absolute Gasteiger partial charge is 0.454 e. The fraction of sp³-hybridized carbons (Fsp3) is 0.364. The highest BCUT2D eigenvalue weighted by Gasteiger charge is 2.36. The summed E-state index contributed by atoms with van der Waals surface area (Å²) in [5, 5.41) is 11.3. The van der Waals surface area contributed by atoms with Crippen LogP contribution in [0.15, 0.2) is 42.6 Å². The third-order valence-corrected chi connectivity index (χ3v) is 5.68. The van der Waals surface area contributed by atoms with Crippen LogP contribution in [0.25, 0.3) is 5.65 Å². The lowest BCUT2D eigenvalue weighted by Gasteiger charge is -2.24. The minimum absolute atomic E-state index is 0.00672. The molecule has 9 heteroatoms. The number of nitrogens with one attached hydrogen (secondary N) is 1. The van der Waals surface area contributed by atoms with Gasteiger partial charge in [-0.25, -0.2) is 0 Å². The average molecular weight is 421 g/mol. The van der Waals surface area contributed by atoms with Crippen LogP contribution in [0.2, 0.25) is 0 Å². The Morgan fingerprint density at radius 1 is 1.16 bits per heavy atom. The molecule has 0 radical (unpaired) electrons. The van der Waals surface area contributed by atoms with E-state index in [1.165, 1.54) is 0 Å². The SMILES string of the molecule is O=C(NCCCc1nnc2ccccn12)C1CCC(=O)N1Cc1ccc2c(c1)OCO2. The molecule has 2 aliphatic heterocycles. The molecule has 0 saturated carbocycles. The van der Waals surface area contributed by atoms with Gasteiger partial charge in [0.1, 0.15) is 11.9 Å². The van der Waals surface area contributed by atoms with Gasteiger partial charge in [-0.2, -0.15) is 0 Å². The van der Waals surface area contributed by atoms with Crippen LogP contribution >= 0.6 is 0 Å². The van der Waals surface area contributed by atoms with Crippen molar-refractivity contribution in [2.45, 2.75) is 38.3 Å². The maximum Gasteiger partial charge on any atom is 0.242 e. The summed E-state index contributed by atoms with van der Waals surface area (Å²) in [6.45, 7) is 1.10. The first-order valence-electron chi connectivity index (χ1n) is 10.4. The minimum Gasteiger partial charge on any atom is -0.454 e. The second-order valence-corrected chi connectivity index (χ2v) is 7.70. The molecule has 2 amide bonds. The number of likely N-dealkylation sites (tertiary alicyclic amines) is 1. The molecule has 1 aromatic carbocycles. The molecule has 9 nitrogen and oxygen atoms in total. The second kappa shape index (κ2) is 8.25. The van der Waals surface area contributed by atoms with Crippen molar-refractivity contribution < 1.29 is 19.1 Å². The van der Waals surface area contributed by atoms with Gasteiger partial charge in [-0.1, -0.05) is 12.1 Å². The standard InChI is InChI=1S/C22H23N5O4/c28-21-9-7-16(27(21)13-15-6-8-17-18(12-15)31-14-30-17)22(29)23-10-3-5-20-25-24-19-4-1-2-11-26(19)20/h1-2,4,6,8,11-12,16H,3,5,7,9-10,13-14H2,(H,23,29). The summed E-state index contributed by atoms with van der Waals surface area (Å²) in [6.07, 6.45) is 4.29. The zero-order valence-electron chi connectivity index (χ0n) is 17.0. The molecule has 4 heterocycles. The summed E-state index contributed by atoms with van der Waals surface area (Å²) >= 11 is 0. The van der Waals surface area contributed by atoms with Crippen LogP contribution in [-0.4, -0.2) is 50.7 Å². The quantitative estimate of drug-likeness (QED) is 0.583. The van der Waals surface area contributed by atoms with Gasteiger partial charge < -0.3 is 19.7 Å². The molecule has 0 spiro atoms. The number of carbonyl (C=O) groups excluding carboxylic acids is 2. The molecule has 1 atom stereocenters. The molecular formula is C22H23N5O4. The van der Waals surface area contributed by atoms with Gasteiger partial charge in [-0.15, -0.1) is 10.2 Å². The topological polar surface area (TPSA) is 98.1 Å². The van der Waals surface area contributed by atoms with Crippen molar-refractivity contribution in [3.05, 3.63) is 54.0 Å². The lowest BCUT2D eigenvalue weighted by Crippen LogP contribution is -2.44. The first-order valence-corrected chi connectivity index (χ1v) is 10.4. The molecule has 0 aliphatic carbocycles. The van der Waals surface area contributed by atoms with Gasteiger partial charge in [0.05, 0.1) is 0 Å². The van der Waals surface area contributed by atoms with Crippen molar-refractivity contribution in [3.63, 3.8) is 0 Å². The summed E-state index contributed by atoms with van der Waals surface area (Å²) in [5.74, 6) is 2.12. The summed E-state index contributed by atoms with van der Waals surface area (Å²) in [7, 11) is 0. The smallest absolute Gasteiger partial charge is 0.242 e. The molecule has 1 N–H and O–H groups in total. The number of ether oxygens (including phenoxy) is 2. The van der Waals surface area contributed by atoms with Crippen LogP contribution in [0.4, 0.5) is 0 Å². The van der Waals surface area contributed by atoms with E-state index in [-0.39, 0.29) is 18.6 Å². The molecule has 1 saturated heterocycles. The van der Waals surface area contributed by atoms with E-state index in [4.69, 9.17) is 9.47 Å². The molecule has 2 aliphatic rings. The Morgan fingerprint density at radius 2 is 2.06 bits per heavy atom. The van der Waals surface area contributed by atoms with Crippen LogP contribution in [0, 0.1) is 0 Å². The summed E-state index contributed by atoms with van der Waals surface area (Å²) in [4.78, 5) is 26.8. The molecule has 31 heavy (non-hydrogen) atoms. The third-order valence-electron chi connectivity index (χ3n) is 5.68. The predicted octanol–water partition coefficient (Wildman–Crippen LogP) is 1.70. The van der Waals surface area contributed by atoms with E-state index in [0.717, 1.165) is 23.5 Å². The third kappa shape index (κ3) is 3.90. The first kappa shape index (κ1) is 19.3. The highest BCUT2D eigenvalue weighted by Crippen LogP contribution is 2.33. The molecule has 160 valence electrons. The highest BCUT2D eigenvalue weighted by atomic mass is 16.7. The van der Waals surface area contributed by atoms with Crippen LogP contribution in [-0.2, 0) is 22.6 Å². The number of amides is 2. The normalized spacial score (nSPS) is 17.5. The van der Waals surface area contributed by atoms with Crippen LogP contribution in [0.3, 0.4) is 0 Å². The maximum atomic E-state index is 12.8. The summed E-state index contributed by atoms with van der Waals surface area (Å²) in [5.41, 5.74) is 1.72. The Balaban J connectivity index is 1.16. The Bertz CT molecular complexity index is 1130. The molecule has 5 rings (SSSR count). The van der Waals surface area contributed by atoms with E-state index in [0.29, 0.717) is 43.9 Å². The van der Waals surface area contributed by atoms with Gasteiger partial charge >= 0.3 is 0 Å². The van der Waals surface area contributed by atoms with Crippen molar-refractivity contribution in [2.75, 3.05) is 13.3 Å². The lowest BCUT2D eigenvalue weighted by atomic mass is 10.1. The molecule has 1 fully saturated rings. The van der Waals surface area contributed by atoms with Gasteiger partial charge in [0, 0.05) is 32.1 Å². The average Bonchev–Trinajstić information content (AvgIpc) is 3.50. The van der Waals surface area contributed by atoms with Crippen molar-refractivity contribution in [1.82, 2.24) is 24.8 Å². The maximum absolute atomic E-state index is 12.8. The van der Waals surface area contributed by atoms with Crippen molar-refractivity contribution in [3.8, 4) is 11.5 Å². The Morgan fingerprint density at radius 3 is 3.00 bits per heavy atom. The van der Waals surface area contributed by atoms with Crippen LogP contribution < -0.4 is 14.8 Å². The van der Waals surface area contributed by atoms with E-state index >= 15 is 0 Å². The fourth-order valence-corrected chi connectivity index (χ4v) is 4.08. The van der Waals surface area contributed by atoms with E-state index in [1.807, 2.05) is 47.0 Å². The van der Waals surface area contributed by atoms with E-state index in [1.54, 1.807) is 4.90 Å². The second-order valence-electron chi connectivity index (χ2n) is 7.70. The van der Waals surface area contributed by atoms with Crippen LogP contribution in [0.1, 0.15) is 30.7 Å². The zero-order chi connectivity index (χ0) is 21.2. The van der Waals surface area contributed by atoms with Crippen molar-refractivity contribution in [1.29, 1.82) is 0 Å². The van der Waals surface area contributed by atoms with Crippen molar-refractivity contribution in [2.24, 2.45) is 0 Å². The van der Waals surface area contributed by atoms with Gasteiger partial charge in [0.2, 0.25) is 18.6 Å². The Labute approximate surface area is 179 Å². The van der Waals surface area contributed by atoms with Crippen LogP contribution in [0.5, 0.6) is 11.5 Å². The number of rotatable bonds is 7. The number of nitrogens with zero attached hydrogens (tertiary/aromatic N) is 4. The minimum atomic E-state index is -0.452. The number of pyridine rings is 1. The number of hydrogen-bond acceptors (Lipinski definition) is 6. The molecule has 1 unspecified atom stereocenters. The predicted molar refractivity (Wildman–Crippen MR) is 110 cm³/mol. The van der Waals surface area contributed by atoms with Crippen molar-refractivity contribution >= 4 is 17.5 Å². The fourth-order valence-electron chi connectivity index (χ4n) is 4.08. The van der Waals surface area contributed by atoms with Gasteiger partial charge in [-0.05, 0) is 42.7 Å². The number of fused-ring (bicyclic) bond motifs is 2. The number of benzene rings is 1. The molecule has 3 aromatic rings. The molecule has 0 bridgehead atoms. The number of aryl methyl sites for hydroxylation is 1. The monoisotopic (exact) mass is 421 g/mol. The van der Waals surface area contributed by atoms with Gasteiger partial charge in [0.25, 0.3) is 0 Å². The summed E-state index contributed by atoms with van der Waals surface area (Å²) in [6, 6.07) is 10.9. The first-order chi connectivity index (χ1) is 15.2.